The van der Waals surface area contributed by atoms with E-state index in [-0.39, 0.29) is 30.0 Å². The molecule has 2 aliphatic heterocycles. The Bertz CT molecular complexity index is 1000. The van der Waals surface area contributed by atoms with E-state index in [1.165, 1.54) is 13.2 Å². The van der Waals surface area contributed by atoms with Gasteiger partial charge in [0.05, 0.1) is 29.3 Å². The number of methoxy groups -OCH3 is 1. The Hall–Kier alpha value is -1.07. The minimum atomic E-state index is -1.07. The maximum atomic E-state index is 12.5. The molecule has 0 amide bonds. The predicted octanol–water partition coefficient (Wildman–Crippen LogP) is 2.08. The third-order valence-electron chi connectivity index (χ3n) is 12.6. The van der Waals surface area contributed by atoms with Gasteiger partial charge in [-0.2, -0.15) is 0 Å². The molecule has 5 fully saturated rings. The van der Waals surface area contributed by atoms with Crippen LogP contribution >= 0.6 is 0 Å². The lowest BCUT2D eigenvalue weighted by molar-refractivity contribution is -0.313. The fraction of sp³-hybridized carbons (Fsp3) is 0.900. The third kappa shape index (κ3) is 3.80. The van der Waals surface area contributed by atoms with Crippen LogP contribution in [-0.2, 0) is 23.7 Å². The van der Waals surface area contributed by atoms with E-state index in [1.54, 1.807) is 6.92 Å². The number of ether oxygens (including phenoxy) is 4. The van der Waals surface area contributed by atoms with E-state index in [0.717, 1.165) is 44.9 Å². The summed E-state index contributed by atoms with van der Waals surface area (Å²) in [6.07, 6.45) is 4.89. The molecule has 4 N–H and O–H groups in total. The highest BCUT2D eigenvalue weighted by Crippen LogP contribution is 2.72. The number of carbonyl (C=O) groups is 1. The van der Waals surface area contributed by atoms with E-state index in [2.05, 4.69) is 13.8 Å². The Morgan fingerprint density at radius 3 is 2.49 bits per heavy atom. The Morgan fingerprint density at radius 2 is 1.79 bits per heavy atom. The SMILES string of the molecule is COC1C(O)C(C)OC(OC2CCC3(C)C(CCC4C3CCC3(C)C4(O)CC(O)C34C=CC(=O)OC4)C2)C1O. The molecule has 4 aliphatic carbocycles. The molecule has 1 saturated heterocycles. The van der Waals surface area contributed by atoms with Crippen LogP contribution in [0.3, 0.4) is 0 Å². The van der Waals surface area contributed by atoms with Crippen LogP contribution in [-0.4, -0.2) is 88.6 Å². The molecule has 0 bridgehead atoms. The molecule has 220 valence electrons. The first-order valence-corrected chi connectivity index (χ1v) is 14.9. The van der Waals surface area contributed by atoms with Crippen molar-refractivity contribution < 1.29 is 44.2 Å². The van der Waals surface area contributed by atoms with Crippen molar-refractivity contribution in [1.29, 1.82) is 0 Å². The highest BCUT2D eigenvalue weighted by molar-refractivity contribution is 5.83. The van der Waals surface area contributed by atoms with Gasteiger partial charge in [-0.05, 0) is 75.0 Å². The monoisotopic (exact) mass is 550 g/mol. The molecular formula is C30H46O9. The Balaban J connectivity index is 1.19. The van der Waals surface area contributed by atoms with Gasteiger partial charge in [-0.1, -0.05) is 19.9 Å². The summed E-state index contributed by atoms with van der Waals surface area (Å²) in [4.78, 5) is 11.8. The van der Waals surface area contributed by atoms with Crippen LogP contribution in [0.4, 0.5) is 0 Å². The van der Waals surface area contributed by atoms with E-state index in [9.17, 15) is 25.2 Å². The molecule has 9 heteroatoms. The van der Waals surface area contributed by atoms with Crippen molar-refractivity contribution in [3.8, 4) is 0 Å². The molecule has 0 aromatic carbocycles. The quantitative estimate of drug-likeness (QED) is 0.308. The number of hydrogen-bond acceptors (Lipinski definition) is 9. The van der Waals surface area contributed by atoms with Crippen molar-refractivity contribution in [2.75, 3.05) is 13.7 Å². The van der Waals surface area contributed by atoms with Crippen LogP contribution in [0, 0.1) is 34.0 Å². The van der Waals surface area contributed by atoms with Crippen molar-refractivity contribution in [2.45, 2.75) is 121 Å². The third-order valence-corrected chi connectivity index (χ3v) is 12.6. The lowest BCUT2D eigenvalue weighted by Gasteiger charge is -2.64. The highest BCUT2D eigenvalue weighted by atomic mass is 16.7. The van der Waals surface area contributed by atoms with Gasteiger partial charge >= 0.3 is 5.97 Å². The van der Waals surface area contributed by atoms with E-state index in [4.69, 9.17) is 18.9 Å². The van der Waals surface area contributed by atoms with E-state index in [0.29, 0.717) is 18.3 Å². The van der Waals surface area contributed by atoms with Crippen LogP contribution in [0.15, 0.2) is 12.2 Å². The maximum absolute atomic E-state index is 12.5. The standard InChI is InChI=1S/C30H46O9/c1-16-23(33)25(36-4)24(34)26(38-16)39-18-7-10-27(2)17(13-18)5-6-20-19(27)8-11-28(3)29(12-9-22(32)37-15-29)21(31)14-30(20,28)35/h9,12,16-21,23-26,31,33-35H,5-8,10-11,13-15H2,1-4H3. The summed E-state index contributed by atoms with van der Waals surface area (Å²) in [6, 6.07) is 0. The molecule has 0 aromatic heterocycles. The molecular weight excluding hydrogens is 504 g/mol. The average Bonchev–Trinajstić information content (AvgIpc) is 3.07. The lowest BCUT2D eigenvalue weighted by atomic mass is 9.42. The molecule has 4 saturated carbocycles. The molecule has 39 heavy (non-hydrogen) atoms. The summed E-state index contributed by atoms with van der Waals surface area (Å²) in [6.45, 7) is 6.36. The molecule has 0 radical (unpaired) electrons. The zero-order valence-corrected chi connectivity index (χ0v) is 23.6. The summed E-state index contributed by atoms with van der Waals surface area (Å²) in [5.74, 6) is 0.436. The molecule has 9 nitrogen and oxygen atoms in total. The number of rotatable bonds is 3. The molecule has 0 aromatic rings. The molecule has 6 aliphatic rings. The molecule has 14 unspecified atom stereocenters. The van der Waals surface area contributed by atoms with E-state index < -0.39 is 53.2 Å². The second kappa shape index (κ2) is 9.48. The van der Waals surface area contributed by atoms with Gasteiger partial charge in [0.2, 0.25) is 0 Å². The number of fused-ring (bicyclic) bond motifs is 6. The van der Waals surface area contributed by atoms with E-state index >= 15 is 0 Å². The van der Waals surface area contributed by atoms with E-state index in [1.807, 2.05) is 6.08 Å². The number of aliphatic hydroxyl groups is 4. The molecule has 6 rings (SSSR count). The van der Waals surface area contributed by atoms with Crippen molar-refractivity contribution in [2.24, 2.45) is 34.0 Å². The number of esters is 1. The molecule has 1 spiro atoms. The number of carbonyl (C=O) groups excluding carboxylic acids is 1. The largest absolute Gasteiger partial charge is 0.461 e. The number of aliphatic hydroxyl groups excluding tert-OH is 3. The van der Waals surface area contributed by atoms with Crippen LogP contribution in [0.5, 0.6) is 0 Å². The Kier molecular flexibility index (Phi) is 6.82. The van der Waals surface area contributed by atoms with Gasteiger partial charge in [0, 0.05) is 25.0 Å². The van der Waals surface area contributed by atoms with Crippen LogP contribution in [0.1, 0.15) is 72.1 Å². The zero-order chi connectivity index (χ0) is 28.0. The molecule has 14 atom stereocenters. The topological polar surface area (TPSA) is 135 Å². The maximum Gasteiger partial charge on any atom is 0.330 e. The van der Waals surface area contributed by atoms with Gasteiger partial charge in [0.1, 0.15) is 24.9 Å². The first kappa shape index (κ1) is 28.1. The smallest absolute Gasteiger partial charge is 0.330 e. The van der Waals surface area contributed by atoms with Crippen LogP contribution in [0.25, 0.3) is 0 Å². The number of hydrogen-bond donors (Lipinski definition) is 4. The van der Waals surface area contributed by atoms with Crippen molar-refractivity contribution >= 4 is 5.97 Å². The van der Waals surface area contributed by atoms with Gasteiger partial charge in [0.15, 0.2) is 6.29 Å². The Labute approximate surface area is 230 Å². The van der Waals surface area contributed by atoms with Crippen molar-refractivity contribution in [3.05, 3.63) is 12.2 Å². The zero-order valence-electron chi connectivity index (χ0n) is 23.6. The van der Waals surface area contributed by atoms with Crippen molar-refractivity contribution in [3.63, 3.8) is 0 Å². The minimum absolute atomic E-state index is 0.0417. The second-order valence-electron chi connectivity index (χ2n) is 13.9. The number of cyclic esters (lactones) is 1. The van der Waals surface area contributed by atoms with Gasteiger partial charge in [-0.25, -0.2) is 4.79 Å². The predicted molar refractivity (Wildman–Crippen MR) is 139 cm³/mol. The normalized spacial score (nSPS) is 57.0. The second-order valence-corrected chi connectivity index (χ2v) is 13.9. The van der Waals surface area contributed by atoms with Gasteiger partial charge in [-0.15, -0.1) is 0 Å². The summed E-state index contributed by atoms with van der Waals surface area (Å²) >= 11 is 0. The average molecular weight is 551 g/mol. The fourth-order valence-corrected chi connectivity index (χ4v) is 10.1. The van der Waals surface area contributed by atoms with Gasteiger partial charge < -0.3 is 39.4 Å². The van der Waals surface area contributed by atoms with Gasteiger partial charge in [-0.3, -0.25) is 0 Å². The fourth-order valence-electron chi connectivity index (χ4n) is 10.1. The first-order valence-electron chi connectivity index (χ1n) is 14.9. The first-order chi connectivity index (χ1) is 18.4. The van der Waals surface area contributed by atoms with Crippen LogP contribution < -0.4 is 0 Å². The summed E-state index contributed by atoms with van der Waals surface area (Å²) < 4.78 is 23.0. The van der Waals surface area contributed by atoms with Crippen LogP contribution in [0.2, 0.25) is 0 Å². The molecule has 2 heterocycles. The summed E-state index contributed by atoms with van der Waals surface area (Å²) in [5.41, 5.74) is -2.32. The lowest BCUT2D eigenvalue weighted by Crippen LogP contribution is -2.64. The Morgan fingerprint density at radius 1 is 1.03 bits per heavy atom. The highest BCUT2D eigenvalue weighted by Gasteiger charge is 2.74. The van der Waals surface area contributed by atoms with Gasteiger partial charge in [0.25, 0.3) is 0 Å². The summed E-state index contributed by atoms with van der Waals surface area (Å²) in [5, 5.41) is 44.9. The van der Waals surface area contributed by atoms with Crippen molar-refractivity contribution in [1.82, 2.24) is 0 Å². The minimum Gasteiger partial charge on any atom is -0.461 e. The summed E-state index contributed by atoms with van der Waals surface area (Å²) in [7, 11) is 1.47.